The Morgan fingerprint density at radius 2 is 1.62 bits per heavy atom. The molecule has 0 fully saturated rings. The highest BCUT2D eigenvalue weighted by atomic mass is 16.4. The monoisotopic (exact) mass is 190 g/mol. The highest BCUT2D eigenvalue weighted by molar-refractivity contribution is 5.80. The zero-order valence-corrected chi connectivity index (χ0v) is 6.74. The van der Waals surface area contributed by atoms with Gasteiger partial charge in [-0.1, -0.05) is 0 Å². The van der Waals surface area contributed by atoms with Crippen molar-refractivity contribution in [2.24, 2.45) is 0 Å². The van der Waals surface area contributed by atoms with E-state index in [0.717, 1.165) is 0 Å². The van der Waals surface area contributed by atoms with Gasteiger partial charge in [0.05, 0.1) is 6.42 Å². The fraction of sp³-hybridized carbons (Fsp3) is 0.500. The maximum atomic E-state index is 10.7. The van der Waals surface area contributed by atoms with Gasteiger partial charge in [-0.3, -0.25) is 9.59 Å². The van der Waals surface area contributed by atoms with E-state index in [1.54, 1.807) is 0 Å². The minimum Gasteiger partial charge on any atom is -0.481 e. The second-order valence-corrected chi connectivity index (χ2v) is 2.15. The Labute approximate surface area is 73.7 Å². The molecular weight excluding hydrogens is 180 g/mol. The van der Waals surface area contributed by atoms with Crippen molar-refractivity contribution in [3.63, 3.8) is 0 Å². The first-order valence-corrected chi connectivity index (χ1v) is 3.47. The molecule has 0 radical (unpaired) electrons. The fourth-order valence-electron chi connectivity index (χ4n) is 0.501. The smallest absolute Gasteiger partial charge is 0.323 e. The molecular formula is C6H10N2O5. The summed E-state index contributed by atoms with van der Waals surface area (Å²) in [6, 6.07) is -0.691. The van der Waals surface area contributed by atoms with Crippen molar-refractivity contribution in [1.82, 2.24) is 10.6 Å². The van der Waals surface area contributed by atoms with Crippen LogP contribution < -0.4 is 10.6 Å². The highest BCUT2D eigenvalue weighted by Crippen LogP contribution is 1.75. The van der Waals surface area contributed by atoms with Gasteiger partial charge in [-0.15, -0.1) is 0 Å². The van der Waals surface area contributed by atoms with Crippen LogP contribution in [-0.4, -0.2) is 41.3 Å². The zero-order valence-electron chi connectivity index (χ0n) is 6.74. The van der Waals surface area contributed by atoms with Crippen LogP contribution in [0.15, 0.2) is 0 Å². The minimum absolute atomic E-state index is 0.0270. The number of rotatable bonds is 5. The lowest BCUT2D eigenvalue weighted by Crippen LogP contribution is -2.39. The van der Waals surface area contributed by atoms with E-state index in [1.165, 1.54) is 0 Å². The van der Waals surface area contributed by atoms with E-state index in [9.17, 15) is 14.4 Å². The molecule has 0 aliphatic carbocycles. The molecule has 0 rings (SSSR count). The van der Waals surface area contributed by atoms with E-state index in [1.807, 2.05) is 5.32 Å². The van der Waals surface area contributed by atoms with Crippen LogP contribution in [0.1, 0.15) is 6.42 Å². The summed E-state index contributed by atoms with van der Waals surface area (Å²) in [6.07, 6.45) is -0.194. The molecule has 0 saturated heterocycles. The number of hydrogen-bond acceptors (Lipinski definition) is 3. The van der Waals surface area contributed by atoms with Gasteiger partial charge in [0.15, 0.2) is 0 Å². The van der Waals surface area contributed by atoms with Crippen LogP contribution in [0, 0.1) is 0 Å². The molecule has 0 aromatic heterocycles. The average molecular weight is 190 g/mol. The van der Waals surface area contributed by atoms with E-state index in [0.29, 0.717) is 0 Å². The standard InChI is InChI=1S/C6H10N2O5/c9-4(10)1-2-7-6(13)8-3-5(11)12/h1-3H2,(H,9,10)(H,11,12)(H2,7,8,13). The summed E-state index contributed by atoms with van der Waals surface area (Å²) in [7, 11) is 0. The Morgan fingerprint density at radius 3 is 2.08 bits per heavy atom. The van der Waals surface area contributed by atoms with Crippen molar-refractivity contribution >= 4 is 18.0 Å². The van der Waals surface area contributed by atoms with Crippen LogP contribution in [0.2, 0.25) is 0 Å². The summed E-state index contributed by atoms with van der Waals surface area (Å²) in [5, 5.41) is 20.5. The molecule has 4 N–H and O–H groups in total. The molecule has 0 spiro atoms. The lowest BCUT2D eigenvalue weighted by atomic mass is 10.4. The first-order valence-electron chi connectivity index (χ1n) is 3.47. The molecule has 0 atom stereocenters. The summed E-state index contributed by atoms with van der Waals surface area (Å²) in [5.74, 6) is -2.19. The third-order valence-corrected chi connectivity index (χ3v) is 1.02. The minimum atomic E-state index is -1.16. The van der Waals surface area contributed by atoms with E-state index in [-0.39, 0.29) is 13.0 Å². The third-order valence-electron chi connectivity index (χ3n) is 1.02. The van der Waals surface area contributed by atoms with Gasteiger partial charge in [0.1, 0.15) is 6.54 Å². The summed E-state index contributed by atoms with van der Waals surface area (Å²) < 4.78 is 0. The van der Waals surface area contributed by atoms with Gasteiger partial charge in [0, 0.05) is 6.54 Å². The molecule has 0 aliphatic rings. The van der Waals surface area contributed by atoms with Crippen molar-refractivity contribution in [2.45, 2.75) is 6.42 Å². The number of carbonyl (C=O) groups excluding carboxylic acids is 1. The van der Waals surface area contributed by atoms with E-state index >= 15 is 0 Å². The van der Waals surface area contributed by atoms with Gasteiger partial charge < -0.3 is 20.8 Å². The number of urea groups is 1. The number of carboxylic acid groups (broad SMARTS) is 2. The van der Waals surface area contributed by atoms with Crippen LogP contribution in [0.3, 0.4) is 0 Å². The molecule has 13 heavy (non-hydrogen) atoms. The van der Waals surface area contributed by atoms with Gasteiger partial charge in [-0.2, -0.15) is 0 Å². The van der Waals surface area contributed by atoms with Crippen LogP contribution in [0.4, 0.5) is 4.79 Å². The fourth-order valence-corrected chi connectivity index (χ4v) is 0.501. The van der Waals surface area contributed by atoms with Crippen LogP contribution >= 0.6 is 0 Å². The largest absolute Gasteiger partial charge is 0.481 e. The number of hydrogen-bond donors (Lipinski definition) is 4. The SMILES string of the molecule is O=C(O)CCNC(=O)NCC(=O)O. The molecule has 2 amide bonds. The van der Waals surface area contributed by atoms with Crippen LogP contribution in [-0.2, 0) is 9.59 Å². The van der Waals surface area contributed by atoms with Crippen molar-refractivity contribution in [3.05, 3.63) is 0 Å². The van der Waals surface area contributed by atoms with Crippen molar-refractivity contribution in [1.29, 1.82) is 0 Å². The lowest BCUT2D eigenvalue weighted by molar-refractivity contribution is -0.137. The number of aliphatic carboxylic acids is 2. The second kappa shape index (κ2) is 5.81. The van der Waals surface area contributed by atoms with Gasteiger partial charge >= 0.3 is 18.0 Å². The predicted molar refractivity (Wildman–Crippen MR) is 41.3 cm³/mol. The van der Waals surface area contributed by atoms with Gasteiger partial charge in [0.25, 0.3) is 0 Å². The molecule has 0 unspecified atom stereocenters. The maximum Gasteiger partial charge on any atom is 0.323 e. The molecule has 0 heterocycles. The summed E-state index contributed by atoms with van der Waals surface area (Å²) in [6.45, 7) is -0.514. The van der Waals surface area contributed by atoms with Gasteiger partial charge in [-0.25, -0.2) is 4.79 Å². The normalized spacial score (nSPS) is 8.92. The third kappa shape index (κ3) is 8.11. The van der Waals surface area contributed by atoms with Crippen molar-refractivity contribution in [2.75, 3.05) is 13.1 Å². The Kier molecular flexibility index (Phi) is 5.01. The Morgan fingerprint density at radius 1 is 1.00 bits per heavy atom. The number of carboxylic acids is 2. The number of nitrogens with one attached hydrogen (secondary N) is 2. The Hall–Kier alpha value is -1.79. The number of amides is 2. The summed E-state index contributed by atoms with van der Waals surface area (Å²) in [5.41, 5.74) is 0. The highest BCUT2D eigenvalue weighted by Gasteiger charge is 2.03. The Balaban J connectivity index is 3.41. The summed E-state index contributed by atoms with van der Waals surface area (Å²) >= 11 is 0. The topological polar surface area (TPSA) is 116 Å². The van der Waals surface area contributed by atoms with Gasteiger partial charge in [0.2, 0.25) is 0 Å². The molecule has 0 aromatic carbocycles. The molecule has 74 valence electrons. The lowest BCUT2D eigenvalue weighted by Gasteiger charge is -2.03. The zero-order chi connectivity index (χ0) is 10.3. The predicted octanol–water partition coefficient (Wildman–Crippen LogP) is -1.16. The van der Waals surface area contributed by atoms with Gasteiger partial charge in [-0.05, 0) is 0 Å². The molecule has 0 bridgehead atoms. The molecule has 7 nitrogen and oxygen atoms in total. The molecule has 7 heteroatoms. The van der Waals surface area contributed by atoms with Crippen molar-refractivity contribution < 1.29 is 24.6 Å². The van der Waals surface area contributed by atoms with Crippen molar-refractivity contribution in [3.8, 4) is 0 Å². The summed E-state index contributed by atoms with van der Waals surface area (Å²) in [4.78, 5) is 30.6. The Bertz CT molecular complexity index is 215. The van der Waals surface area contributed by atoms with E-state index < -0.39 is 24.5 Å². The van der Waals surface area contributed by atoms with Crippen LogP contribution in [0.5, 0.6) is 0 Å². The first-order chi connectivity index (χ1) is 6.02. The van der Waals surface area contributed by atoms with Crippen LogP contribution in [0.25, 0.3) is 0 Å². The first kappa shape index (κ1) is 11.2. The maximum absolute atomic E-state index is 10.7. The van der Waals surface area contributed by atoms with E-state index in [4.69, 9.17) is 10.2 Å². The average Bonchev–Trinajstić information content (AvgIpc) is 2.00. The quantitative estimate of drug-likeness (QED) is 0.436. The molecule has 0 aliphatic heterocycles. The van der Waals surface area contributed by atoms with E-state index in [2.05, 4.69) is 5.32 Å². The molecule has 0 aromatic rings. The molecule has 0 saturated carbocycles. The second-order valence-electron chi connectivity index (χ2n) is 2.15. The number of carbonyl (C=O) groups is 3.